The van der Waals surface area contributed by atoms with Gasteiger partial charge in [-0.1, -0.05) is 6.92 Å². The van der Waals surface area contributed by atoms with Crippen LogP contribution in [0.3, 0.4) is 0 Å². The zero-order chi connectivity index (χ0) is 13.1. The maximum absolute atomic E-state index is 11.7. The van der Waals surface area contributed by atoms with Crippen molar-refractivity contribution in [2.24, 2.45) is 0 Å². The molecule has 1 saturated heterocycles. The second-order valence-corrected chi connectivity index (χ2v) is 6.80. The van der Waals surface area contributed by atoms with Gasteiger partial charge in [-0.15, -0.1) is 0 Å². The molecule has 102 valence electrons. The van der Waals surface area contributed by atoms with Gasteiger partial charge in [-0.3, -0.25) is 0 Å². The Hall–Kier alpha value is -0.170. The summed E-state index contributed by atoms with van der Waals surface area (Å²) in [5, 5.41) is 9.40. The highest BCUT2D eigenvalue weighted by Gasteiger charge is 2.27. The van der Waals surface area contributed by atoms with Gasteiger partial charge >= 0.3 is 0 Å². The van der Waals surface area contributed by atoms with Gasteiger partial charge in [0, 0.05) is 12.1 Å². The number of sulfonamides is 1. The molecule has 0 saturated carbocycles. The van der Waals surface area contributed by atoms with Crippen LogP contribution < -0.4 is 4.72 Å². The third-order valence-electron chi connectivity index (χ3n) is 3.30. The molecule has 1 heterocycles. The first-order valence-electron chi connectivity index (χ1n) is 6.30. The molecule has 1 unspecified atom stereocenters. The van der Waals surface area contributed by atoms with Crippen LogP contribution in [0.1, 0.15) is 40.0 Å². The zero-order valence-corrected chi connectivity index (χ0v) is 11.7. The normalized spacial score (nSPS) is 21.9. The van der Waals surface area contributed by atoms with E-state index in [0.717, 1.165) is 25.9 Å². The van der Waals surface area contributed by atoms with E-state index in [-0.39, 0.29) is 12.5 Å². The number of hydrogen-bond acceptors (Lipinski definition) is 4. The van der Waals surface area contributed by atoms with Gasteiger partial charge in [-0.25, -0.2) is 13.1 Å². The number of hydrogen-bond donors (Lipinski definition) is 2. The van der Waals surface area contributed by atoms with Crippen LogP contribution in [0.5, 0.6) is 0 Å². The monoisotopic (exact) mass is 264 g/mol. The summed E-state index contributed by atoms with van der Waals surface area (Å²) in [5.74, 6) is 0. The lowest BCUT2D eigenvalue weighted by Crippen LogP contribution is -2.48. The van der Waals surface area contributed by atoms with Crippen LogP contribution in [0.4, 0.5) is 0 Å². The summed E-state index contributed by atoms with van der Waals surface area (Å²) < 4.78 is 25.9. The van der Waals surface area contributed by atoms with Gasteiger partial charge in [0.15, 0.2) is 5.44 Å². The summed E-state index contributed by atoms with van der Waals surface area (Å²) in [5.41, 5.74) is -1.29. The Morgan fingerprint density at radius 1 is 1.35 bits per heavy atom. The standard InChI is InChI=1S/C11H24N2O3S/c1-4-11(14)17(15,16)12-10-5-7-13(8-6-10)9(2)3/h9-12,14H,4-8H2,1-3H3. The topological polar surface area (TPSA) is 69.6 Å². The highest BCUT2D eigenvalue weighted by atomic mass is 32.2. The Bertz CT molecular complexity index is 322. The van der Waals surface area contributed by atoms with E-state index in [2.05, 4.69) is 23.5 Å². The molecule has 0 aromatic heterocycles. The fourth-order valence-corrected chi connectivity index (χ4v) is 3.36. The average molecular weight is 264 g/mol. The van der Waals surface area contributed by atoms with E-state index in [1.54, 1.807) is 6.92 Å². The van der Waals surface area contributed by atoms with E-state index in [0.29, 0.717) is 6.04 Å². The molecule has 6 heteroatoms. The third-order valence-corrected chi connectivity index (χ3v) is 5.01. The quantitative estimate of drug-likeness (QED) is 0.759. The van der Waals surface area contributed by atoms with Crippen molar-refractivity contribution in [3.63, 3.8) is 0 Å². The Morgan fingerprint density at radius 3 is 2.29 bits per heavy atom. The minimum Gasteiger partial charge on any atom is -0.376 e. The lowest BCUT2D eigenvalue weighted by molar-refractivity contribution is 0.167. The molecule has 0 bridgehead atoms. The number of nitrogens with one attached hydrogen (secondary N) is 1. The minimum atomic E-state index is -3.56. The van der Waals surface area contributed by atoms with Crippen LogP contribution in [0.2, 0.25) is 0 Å². The van der Waals surface area contributed by atoms with Crippen LogP contribution in [0, 0.1) is 0 Å². The van der Waals surface area contributed by atoms with Gasteiger partial charge in [0.25, 0.3) is 0 Å². The van der Waals surface area contributed by atoms with Gasteiger partial charge in [-0.2, -0.15) is 0 Å². The highest BCUT2D eigenvalue weighted by molar-refractivity contribution is 7.89. The molecule has 0 aliphatic carbocycles. The van der Waals surface area contributed by atoms with Crippen molar-refractivity contribution in [3.05, 3.63) is 0 Å². The van der Waals surface area contributed by atoms with E-state index in [1.807, 2.05) is 0 Å². The maximum atomic E-state index is 11.7. The molecule has 0 radical (unpaired) electrons. The van der Waals surface area contributed by atoms with Crippen LogP contribution in [-0.4, -0.2) is 49.0 Å². The van der Waals surface area contributed by atoms with E-state index in [9.17, 15) is 13.5 Å². The first-order chi connectivity index (χ1) is 7.86. The lowest BCUT2D eigenvalue weighted by Gasteiger charge is -2.34. The first kappa shape index (κ1) is 14.9. The van der Waals surface area contributed by atoms with E-state index in [1.165, 1.54) is 0 Å². The van der Waals surface area contributed by atoms with Crippen molar-refractivity contribution < 1.29 is 13.5 Å². The summed E-state index contributed by atoms with van der Waals surface area (Å²) in [7, 11) is -3.56. The predicted octanol–water partition coefficient (Wildman–Crippen LogP) is 0.507. The van der Waals surface area contributed by atoms with Gasteiger partial charge in [0.1, 0.15) is 0 Å². The zero-order valence-electron chi connectivity index (χ0n) is 10.9. The van der Waals surface area contributed by atoms with E-state index >= 15 is 0 Å². The number of aliphatic hydroxyl groups excluding tert-OH is 1. The van der Waals surface area contributed by atoms with E-state index in [4.69, 9.17) is 0 Å². The maximum Gasteiger partial charge on any atom is 0.238 e. The van der Waals surface area contributed by atoms with E-state index < -0.39 is 15.5 Å². The number of aliphatic hydroxyl groups is 1. The van der Waals surface area contributed by atoms with Crippen molar-refractivity contribution in [1.29, 1.82) is 0 Å². The molecule has 1 atom stereocenters. The van der Waals surface area contributed by atoms with Gasteiger partial charge in [0.2, 0.25) is 10.0 Å². The minimum absolute atomic E-state index is 0.0313. The third kappa shape index (κ3) is 4.21. The number of nitrogens with zero attached hydrogens (tertiary/aromatic N) is 1. The molecule has 0 aromatic carbocycles. The SMILES string of the molecule is CCC(O)S(=O)(=O)NC1CCN(C(C)C)CC1. The molecular formula is C11H24N2O3S. The number of rotatable bonds is 5. The van der Waals surface area contributed by atoms with Crippen LogP contribution in [0.25, 0.3) is 0 Å². The van der Waals surface area contributed by atoms with Crippen molar-refractivity contribution in [2.45, 2.75) is 57.6 Å². The predicted molar refractivity (Wildman–Crippen MR) is 68.1 cm³/mol. The van der Waals surface area contributed by atoms with Gasteiger partial charge < -0.3 is 10.0 Å². The first-order valence-corrected chi connectivity index (χ1v) is 7.84. The fourth-order valence-electron chi connectivity index (χ4n) is 2.06. The average Bonchev–Trinajstić information content (AvgIpc) is 2.28. The summed E-state index contributed by atoms with van der Waals surface area (Å²) >= 11 is 0. The lowest BCUT2D eigenvalue weighted by atomic mass is 10.1. The summed E-state index contributed by atoms with van der Waals surface area (Å²) in [6.45, 7) is 7.77. The van der Waals surface area contributed by atoms with Crippen LogP contribution in [-0.2, 0) is 10.0 Å². The summed E-state index contributed by atoms with van der Waals surface area (Å²) in [6.07, 6.45) is 1.85. The number of likely N-dealkylation sites (tertiary alicyclic amines) is 1. The molecule has 1 fully saturated rings. The Morgan fingerprint density at radius 2 is 1.88 bits per heavy atom. The molecule has 5 nitrogen and oxygen atoms in total. The molecule has 1 aliphatic rings. The van der Waals surface area contributed by atoms with Crippen molar-refractivity contribution in [2.75, 3.05) is 13.1 Å². The molecule has 0 amide bonds. The second kappa shape index (κ2) is 6.13. The molecule has 2 N–H and O–H groups in total. The van der Waals surface area contributed by atoms with Crippen molar-refractivity contribution in [1.82, 2.24) is 9.62 Å². The van der Waals surface area contributed by atoms with Gasteiger partial charge in [-0.05, 0) is 46.2 Å². The molecule has 0 spiro atoms. The Labute approximate surface area is 104 Å². The Balaban J connectivity index is 2.46. The van der Waals surface area contributed by atoms with Crippen LogP contribution in [0.15, 0.2) is 0 Å². The Kier molecular flexibility index (Phi) is 5.37. The largest absolute Gasteiger partial charge is 0.376 e. The van der Waals surface area contributed by atoms with Crippen LogP contribution >= 0.6 is 0 Å². The highest BCUT2D eigenvalue weighted by Crippen LogP contribution is 2.14. The van der Waals surface area contributed by atoms with Crippen molar-refractivity contribution >= 4 is 10.0 Å². The van der Waals surface area contributed by atoms with Crippen molar-refractivity contribution in [3.8, 4) is 0 Å². The van der Waals surface area contributed by atoms with Gasteiger partial charge in [0.05, 0.1) is 0 Å². The number of piperidine rings is 1. The smallest absolute Gasteiger partial charge is 0.238 e. The fraction of sp³-hybridized carbons (Fsp3) is 1.00. The summed E-state index contributed by atoms with van der Waals surface area (Å²) in [4.78, 5) is 2.33. The molecular weight excluding hydrogens is 240 g/mol. The summed E-state index contributed by atoms with van der Waals surface area (Å²) in [6, 6.07) is 0.477. The molecule has 1 aliphatic heterocycles. The molecule has 1 rings (SSSR count). The molecule has 0 aromatic rings. The molecule has 17 heavy (non-hydrogen) atoms. The second-order valence-electron chi connectivity index (χ2n) is 4.93.